The predicted molar refractivity (Wildman–Crippen MR) is 76.0 cm³/mol. The summed E-state index contributed by atoms with van der Waals surface area (Å²) in [7, 11) is 0. The second kappa shape index (κ2) is 4.23. The molecule has 0 aromatic heterocycles. The number of hydrogen-bond acceptors (Lipinski definition) is 1. The molecule has 0 bridgehead atoms. The highest BCUT2D eigenvalue weighted by Crippen LogP contribution is 2.42. The number of rotatable bonds is 2. The second-order valence-electron chi connectivity index (χ2n) is 5.40. The molecule has 3 rings (SSSR count). The topological polar surface area (TPSA) is 20.1 Å². The zero-order chi connectivity index (χ0) is 13.5. The molecule has 0 radical (unpaired) electrons. The molecule has 1 fully saturated rings. The summed E-state index contributed by atoms with van der Waals surface area (Å²) < 4.78 is 0. The Bertz CT molecular complexity index is 603. The van der Waals surface area contributed by atoms with Gasteiger partial charge in [0, 0.05) is 12.1 Å². The van der Waals surface area contributed by atoms with Crippen LogP contribution in [0.3, 0.4) is 0 Å². The van der Waals surface area contributed by atoms with Gasteiger partial charge in [0.15, 0.2) is 0 Å². The average molecular weight is 251 g/mol. The average Bonchev–Trinajstić information content (AvgIpc) is 3.14. The quantitative estimate of drug-likeness (QED) is 0.749. The van der Waals surface area contributed by atoms with Crippen LogP contribution in [0, 0.1) is 6.92 Å². The predicted octanol–water partition coefficient (Wildman–Crippen LogP) is 3.37. The van der Waals surface area contributed by atoms with Crippen molar-refractivity contribution in [3.63, 3.8) is 0 Å². The minimum absolute atomic E-state index is 0.117. The highest BCUT2D eigenvalue weighted by atomic mass is 16.2. The van der Waals surface area contributed by atoms with Gasteiger partial charge in [0.1, 0.15) is 0 Å². The molecule has 2 aromatic carbocycles. The fourth-order valence-electron chi connectivity index (χ4n) is 2.46. The summed E-state index contributed by atoms with van der Waals surface area (Å²) in [5.41, 5.74) is 3.01. The summed E-state index contributed by atoms with van der Waals surface area (Å²) in [6.45, 7) is 4.94. The van der Waals surface area contributed by atoms with Crippen LogP contribution in [0.25, 0.3) is 0 Å². The Morgan fingerprint density at radius 2 is 1.68 bits per heavy atom. The van der Waals surface area contributed by atoms with Crippen LogP contribution in [0.2, 0.25) is 0 Å². The second-order valence-corrected chi connectivity index (χ2v) is 5.40. The lowest BCUT2D eigenvalue weighted by Gasteiger charge is -2.13. The lowest BCUT2D eigenvalue weighted by molar-refractivity contribution is 0.0856. The van der Waals surface area contributed by atoms with E-state index in [1.54, 1.807) is 0 Å². The van der Waals surface area contributed by atoms with Crippen molar-refractivity contribution in [3.8, 4) is 0 Å². The first-order valence-electron chi connectivity index (χ1n) is 6.55. The maximum Gasteiger partial charge on any atom is 0.254 e. The molecule has 2 aromatic rings. The van der Waals surface area contributed by atoms with Crippen molar-refractivity contribution in [2.24, 2.45) is 0 Å². The molecular weight excluding hydrogens is 234 g/mol. The summed E-state index contributed by atoms with van der Waals surface area (Å²) in [5.74, 6) is 0.117. The first-order valence-corrected chi connectivity index (χ1v) is 6.55. The van der Waals surface area contributed by atoms with E-state index in [2.05, 4.69) is 19.1 Å². The smallest absolute Gasteiger partial charge is 0.254 e. The molecule has 0 saturated carbocycles. The Morgan fingerprint density at radius 3 is 2.32 bits per heavy atom. The fraction of sp³-hybridized carbons (Fsp3) is 0.235. The summed E-state index contributed by atoms with van der Waals surface area (Å²) >= 11 is 0. The van der Waals surface area contributed by atoms with Crippen LogP contribution in [0.4, 0.5) is 0 Å². The van der Waals surface area contributed by atoms with Gasteiger partial charge in [0.2, 0.25) is 0 Å². The van der Waals surface area contributed by atoms with E-state index >= 15 is 0 Å². The van der Waals surface area contributed by atoms with Crippen molar-refractivity contribution in [1.29, 1.82) is 0 Å². The van der Waals surface area contributed by atoms with Gasteiger partial charge in [0.05, 0.1) is 5.54 Å². The van der Waals surface area contributed by atoms with Gasteiger partial charge in [-0.15, -0.1) is 0 Å². The van der Waals surface area contributed by atoms with E-state index in [0.29, 0.717) is 0 Å². The van der Waals surface area contributed by atoms with E-state index in [0.717, 1.165) is 12.1 Å². The van der Waals surface area contributed by atoms with E-state index in [4.69, 9.17) is 0 Å². The molecule has 1 atom stereocenters. The molecular formula is C17H17NO. The van der Waals surface area contributed by atoms with Crippen LogP contribution >= 0.6 is 0 Å². The highest BCUT2D eigenvalue weighted by molar-refractivity contribution is 5.96. The zero-order valence-electron chi connectivity index (χ0n) is 11.3. The molecule has 2 heteroatoms. The number of benzene rings is 2. The standard InChI is InChI=1S/C17H17NO/c1-13-8-10-14(11-9-13)16(19)18-12-17(18,2)15-6-4-3-5-7-15/h3-11H,12H2,1-2H3. The SMILES string of the molecule is Cc1ccc(C(=O)N2CC2(C)c2ccccc2)cc1. The highest BCUT2D eigenvalue weighted by Gasteiger charge is 2.52. The normalized spacial score (nSPS) is 21.3. The number of amides is 1. The summed E-state index contributed by atoms with van der Waals surface area (Å²) in [6.07, 6.45) is 0. The molecule has 1 amide bonds. The van der Waals surface area contributed by atoms with Gasteiger partial charge < -0.3 is 4.90 Å². The number of aryl methyl sites for hydroxylation is 1. The molecule has 1 unspecified atom stereocenters. The van der Waals surface area contributed by atoms with Crippen molar-refractivity contribution in [2.45, 2.75) is 19.4 Å². The van der Waals surface area contributed by atoms with Crippen LogP contribution in [-0.2, 0) is 5.54 Å². The van der Waals surface area contributed by atoms with Crippen molar-refractivity contribution in [2.75, 3.05) is 6.54 Å². The van der Waals surface area contributed by atoms with Gasteiger partial charge in [-0.2, -0.15) is 0 Å². The van der Waals surface area contributed by atoms with Gasteiger partial charge in [-0.05, 0) is 31.5 Å². The molecule has 0 aliphatic carbocycles. The van der Waals surface area contributed by atoms with Crippen molar-refractivity contribution in [1.82, 2.24) is 4.90 Å². The molecule has 1 saturated heterocycles. The summed E-state index contributed by atoms with van der Waals surface area (Å²) in [6, 6.07) is 18.0. The molecule has 0 spiro atoms. The van der Waals surface area contributed by atoms with Crippen LogP contribution in [-0.4, -0.2) is 17.4 Å². The van der Waals surface area contributed by atoms with Crippen molar-refractivity contribution >= 4 is 5.91 Å². The number of carbonyl (C=O) groups is 1. The first-order chi connectivity index (χ1) is 9.11. The maximum atomic E-state index is 12.4. The van der Waals surface area contributed by atoms with Crippen LogP contribution < -0.4 is 0 Å². The third-order valence-electron chi connectivity index (χ3n) is 3.90. The Balaban J connectivity index is 1.83. The van der Waals surface area contributed by atoms with Crippen LogP contribution in [0.5, 0.6) is 0 Å². The van der Waals surface area contributed by atoms with E-state index in [9.17, 15) is 4.79 Å². The molecule has 19 heavy (non-hydrogen) atoms. The van der Waals surface area contributed by atoms with Gasteiger partial charge in [0.25, 0.3) is 5.91 Å². The van der Waals surface area contributed by atoms with E-state index in [1.807, 2.05) is 54.3 Å². The Labute approximate surface area is 113 Å². The molecule has 2 nitrogen and oxygen atoms in total. The molecule has 0 N–H and O–H groups in total. The Kier molecular flexibility index (Phi) is 2.67. The number of hydrogen-bond donors (Lipinski definition) is 0. The van der Waals surface area contributed by atoms with Gasteiger partial charge in [-0.25, -0.2) is 0 Å². The molecule has 1 heterocycles. The molecule has 1 aliphatic rings. The van der Waals surface area contributed by atoms with E-state index in [-0.39, 0.29) is 11.4 Å². The Hall–Kier alpha value is -2.09. The summed E-state index contributed by atoms with van der Waals surface area (Å²) in [5, 5.41) is 0. The lowest BCUT2D eigenvalue weighted by atomic mass is 10.0. The van der Waals surface area contributed by atoms with Gasteiger partial charge in [-0.1, -0.05) is 48.0 Å². The maximum absolute atomic E-state index is 12.4. The minimum atomic E-state index is -0.136. The summed E-state index contributed by atoms with van der Waals surface area (Å²) in [4.78, 5) is 14.4. The molecule has 1 aliphatic heterocycles. The lowest BCUT2D eigenvalue weighted by Crippen LogP contribution is -2.19. The zero-order valence-corrected chi connectivity index (χ0v) is 11.3. The van der Waals surface area contributed by atoms with Crippen LogP contribution in [0.1, 0.15) is 28.4 Å². The fourth-order valence-corrected chi connectivity index (χ4v) is 2.46. The number of nitrogens with zero attached hydrogens (tertiary/aromatic N) is 1. The third-order valence-corrected chi connectivity index (χ3v) is 3.90. The van der Waals surface area contributed by atoms with Crippen molar-refractivity contribution < 1.29 is 4.79 Å². The minimum Gasteiger partial charge on any atom is -0.325 e. The van der Waals surface area contributed by atoms with E-state index in [1.165, 1.54) is 11.1 Å². The Morgan fingerprint density at radius 1 is 1.05 bits per heavy atom. The molecule has 96 valence electrons. The monoisotopic (exact) mass is 251 g/mol. The third kappa shape index (κ3) is 2.03. The van der Waals surface area contributed by atoms with Gasteiger partial charge in [-0.3, -0.25) is 4.79 Å². The number of carbonyl (C=O) groups excluding carboxylic acids is 1. The van der Waals surface area contributed by atoms with E-state index < -0.39 is 0 Å². The van der Waals surface area contributed by atoms with Crippen LogP contribution in [0.15, 0.2) is 54.6 Å². The van der Waals surface area contributed by atoms with Crippen molar-refractivity contribution in [3.05, 3.63) is 71.3 Å². The largest absolute Gasteiger partial charge is 0.325 e. The first kappa shape index (κ1) is 12.0. The van der Waals surface area contributed by atoms with Gasteiger partial charge >= 0.3 is 0 Å².